The number of fused-ring (bicyclic) bond motifs is 9. The number of thiophene rings is 1. The van der Waals surface area contributed by atoms with Crippen molar-refractivity contribution in [2.24, 2.45) is 0 Å². The molecule has 0 fully saturated rings. The van der Waals surface area contributed by atoms with Crippen molar-refractivity contribution in [1.82, 2.24) is 15.0 Å². The van der Waals surface area contributed by atoms with Gasteiger partial charge in [0.15, 0.2) is 17.5 Å². The summed E-state index contributed by atoms with van der Waals surface area (Å²) in [5, 5.41) is 6.69. The standard InChI is InChI=1S/C57H33N3O2S/c1-3-13-34(14-4-1)36-17-9-18-39(31-36)56-58-55(35-15-5-2-6-16-35)59-57(60-56)44-22-12-23-47-52(44)45-32-37(28-30-46(45)61-47)40-20-10-24-48-53(40)54-41(21-11-25-49(54)62-48)38-27-29-43-42-19-7-8-26-50(42)63-51(43)33-38/h1-33H. The van der Waals surface area contributed by atoms with E-state index in [1.807, 2.05) is 59.9 Å². The molecule has 0 atom stereocenters. The molecule has 0 aliphatic carbocycles. The topological polar surface area (TPSA) is 65.0 Å². The first-order valence-electron chi connectivity index (χ1n) is 21.0. The average Bonchev–Trinajstić information content (AvgIpc) is 4.05. The van der Waals surface area contributed by atoms with Gasteiger partial charge in [-0.15, -0.1) is 11.3 Å². The fourth-order valence-corrected chi connectivity index (χ4v) is 10.4. The molecule has 0 N–H and O–H groups in total. The van der Waals surface area contributed by atoms with Crippen LogP contribution in [-0.2, 0) is 0 Å². The van der Waals surface area contributed by atoms with Crippen molar-refractivity contribution >= 4 is 75.4 Å². The number of furan rings is 2. The summed E-state index contributed by atoms with van der Waals surface area (Å²) in [5.41, 5.74) is 12.6. The van der Waals surface area contributed by atoms with Crippen LogP contribution in [0.3, 0.4) is 0 Å². The van der Waals surface area contributed by atoms with Crippen LogP contribution in [0.2, 0.25) is 0 Å². The largest absolute Gasteiger partial charge is 0.456 e. The molecule has 0 aliphatic rings. The summed E-state index contributed by atoms with van der Waals surface area (Å²) in [4.78, 5) is 15.4. The fraction of sp³-hybridized carbons (Fsp3) is 0. The number of benzene rings is 9. The molecule has 5 nitrogen and oxygen atoms in total. The number of hydrogen-bond acceptors (Lipinski definition) is 6. The van der Waals surface area contributed by atoms with Gasteiger partial charge in [0.1, 0.15) is 22.3 Å². The quantitative estimate of drug-likeness (QED) is 0.167. The van der Waals surface area contributed by atoms with Crippen LogP contribution in [0.25, 0.3) is 132 Å². The van der Waals surface area contributed by atoms with Gasteiger partial charge >= 0.3 is 0 Å². The predicted octanol–water partition coefficient (Wildman–Crippen LogP) is 16.0. The third kappa shape index (κ3) is 5.87. The minimum Gasteiger partial charge on any atom is -0.456 e. The molecule has 0 spiro atoms. The SMILES string of the molecule is c1ccc(-c2cccc(-c3nc(-c4ccccc4)nc(-c4cccc5oc6ccc(-c7cccc8oc9cccc(-c%10ccc%11c(c%10)sc%10ccccc%10%11)c9c78)cc6c45)n3)c2)cc1. The van der Waals surface area contributed by atoms with Crippen LogP contribution >= 0.6 is 11.3 Å². The zero-order valence-corrected chi connectivity index (χ0v) is 34.4. The van der Waals surface area contributed by atoms with Gasteiger partial charge in [-0.3, -0.25) is 0 Å². The van der Waals surface area contributed by atoms with Crippen molar-refractivity contribution in [3.8, 4) is 67.5 Å². The molecule has 4 aromatic heterocycles. The van der Waals surface area contributed by atoms with Gasteiger partial charge in [0.05, 0.1) is 0 Å². The lowest BCUT2D eigenvalue weighted by Crippen LogP contribution is -2.00. The zero-order valence-electron chi connectivity index (χ0n) is 33.6. The summed E-state index contributed by atoms with van der Waals surface area (Å²) in [5.74, 6) is 1.78. The van der Waals surface area contributed by atoms with Crippen LogP contribution in [0.1, 0.15) is 0 Å². The van der Waals surface area contributed by atoms with Gasteiger partial charge in [0.25, 0.3) is 0 Å². The Morgan fingerprint density at radius 1 is 0.286 bits per heavy atom. The lowest BCUT2D eigenvalue weighted by atomic mass is 9.93. The van der Waals surface area contributed by atoms with Gasteiger partial charge in [-0.05, 0) is 81.9 Å². The Balaban J connectivity index is 0.990. The van der Waals surface area contributed by atoms with Crippen molar-refractivity contribution in [2.75, 3.05) is 0 Å². The highest BCUT2D eigenvalue weighted by Gasteiger charge is 2.21. The van der Waals surface area contributed by atoms with E-state index < -0.39 is 0 Å². The summed E-state index contributed by atoms with van der Waals surface area (Å²) >= 11 is 1.84. The molecule has 63 heavy (non-hydrogen) atoms. The van der Waals surface area contributed by atoms with Crippen LogP contribution in [-0.4, -0.2) is 15.0 Å². The number of rotatable bonds is 6. The molecule has 9 aromatic carbocycles. The smallest absolute Gasteiger partial charge is 0.164 e. The maximum atomic E-state index is 6.62. The minimum absolute atomic E-state index is 0.575. The molecule has 0 unspecified atom stereocenters. The Morgan fingerprint density at radius 3 is 1.59 bits per heavy atom. The van der Waals surface area contributed by atoms with E-state index >= 15 is 0 Å². The third-order valence-electron chi connectivity index (χ3n) is 12.2. The van der Waals surface area contributed by atoms with Crippen LogP contribution in [0, 0.1) is 0 Å². The maximum Gasteiger partial charge on any atom is 0.164 e. The van der Waals surface area contributed by atoms with Crippen LogP contribution < -0.4 is 0 Å². The van der Waals surface area contributed by atoms with Crippen molar-refractivity contribution in [1.29, 1.82) is 0 Å². The van der Waals surface area contributed by atoms with E-state index in [0.29, 0.717) is 17.5 Å². The second-order valence-electron chi connectivity index (χ2n) is 15.9. The van der Waals surface area contributed by atoms with Gasteiger partial charge < -0.3 is 8.83 Å². The lowest BCUT2D eigenvalue weighted by Gasteiger charge is -2.10. The molecular formula is C57H33N3O2S. The Morgan fingerprint density at radius 2 is 0.825 bits per heavy atom. The second-order valence-corrected chi connectivity index (χ2v) is 17.0. The van der Waals surface area contributed by atoms with E-state index in [1.165, 1.54) is 20.2 Å². The Labute approximate surface area is 365 Å². The highest BCUT2D eigenvalue weighted by molar-refractivity contribution is 7.25. The van der Waals surface area contributed by atoms with E-state index in [-0.39, 0.29) is 0 Å². The molecule has 0 radical (unpaired) electrons. The highest BCUT2D eigenvalue weighted by Crippen LogP contribution is 2.45. The third-order valence-corrected chi connectivity index (χ3v) is 13.3. The van der Waals surface area contributed by atoms with Crippen molar-refractivity contribution in [2.45, 2.75) is 0 Å². The van der Waals surface area contributed by atoms with E-state index in [4.69, 9.17) is 23.8 Å². The summed E-state index contributed by atoms with van der Waals surface area (Å²) in [6, 6.07) is 69.7. The van der Waals surface area contributed by atoms with Crippen molar-refractivity contribution in [3.63, 3.8) is 0 Å². The van der Waals surface area contributed by atoms with E-state index in [0.717, 1.165) is 93.9 Å². The number of nitrogens with zero attached hydrogens (tertiary/aromatic N) is 3. The molecule has 0 amide bonds. The molecule has 4 heterocycles. The summed E-state index contributed by atoms with van der Waals surface area (Å²) < 4.78 is 15.8. The Hall–Kier alpha value is -8.19. The van der Waals surface area contributed by atoms with Crippen molar-refractivity contribution in [3.05, 3.63) is 200 Å². The molecular weight excluding hydrogens is 791 g/mol. The summed E-state index contributed by atoms with van der Waals surface area (Å²) in [6.07, 6.45) is 0. The first-order valence-corrected chi connectivity index (χ1v) is 21.8. The molecule has 0 saturated carbocycles. The summed E-state index contributed by atoms with van der Waals surface area (Å²) in [7, 11) is 0. The lowest BCUT2D eigenvalue weighted by molar-refractivity contribution is 0.669. The normalized spacial score (nSPS) is 11.8. The molecule has 13 aromatic rings. The Kier molecular flexibility index (Phi) is 8.01. The van der Waals surface area contributed by atoms with Gasteiger partial charge in [-0.1, -0.05) is 152 Å². The van der Waals surface area contributed by atoms with E-state index in [1.54, 1.807) is 0 Å². The number of aromatic nitrogens is 3. The molecule has 13 rings (SSSR count). The molecule has 0 saturated heterocycles. The van der Waals surface area contributed by atoms with Crippen LogP contribution in [0.4, 0.5) is 0 Å². The van der Waals surface area contributed by atoms with Gasteiger partial charge in [-0.2, -0.15) is 0 Å². The van der Waals surface area contributed by atoms with Crippen LogP contribution in [0.5, 0.6) is 0 Å². The van der Waals surface area contributed by atoms with Crippen molar-refractivity contribution < 1.29 is 8.83 Å². The fourth-order valence-electron chi connectivity index (χ4n) is 9.23. The predicted molar refractivity (Wildman–Crippen MR) is 260 cm³/mol. The van der Waals surface area contributed by atoms with Gasteiger partial charge in [0, 0.05) is 58.4 Å². The first-order chi connectivity index (χ1) is 31.2. The summed E-state index contributed by atoms with van der Waals surface area (Å²) in [6.45, 7) is 0. The minimum atomic E-state index is 0.575. The molecule has 6 heteroatoms. The van der Waals surface area contributed by atoms with E-state index in [2.05, 4.69) is 152 Å². The maximum absolute atomic E-state index is 6.62. The monoisotopic (exact) mass is 823 g/mol. The van der Waals surface area contributed by atoms with Gasteiger partial charge in [-0.25, -0.2) is 15.0 Å². The molecule has 0 bridgehead atoms. The molecule has 0 aliphatic heterocycles. The number of hydrogen-bond donors (Lipinski definition) is 0. The van der Waals surface area contributed by atoms with Crippen LogP contribution in [0.15, 0.2) is 209 Å². The van der Waals surface area contributed by atoms with Gasteiger partial charge in [0.2, 0.25) is 0 Å². The first kappa shape index (κ1) is 35.6. The zero-order chi connectivity index (χ0) is 41.4. The molecule has 294 valence electrons. The highest BCUT2D eigenvalue weighted by atomic mass is 32.1. The van der Waals surface area contributed by atoms with E-state index in [9.17, 15) is 0 Å². The average molecular weight is 824 g/mol. The Bertz CT molecular complexity index is 3920. The second kappa shape index (κ2) is 14.2.